The summed E-state index contributed by atoms with van der Waals surface area (Å²) in [4.78, 5) is 12.6. The molecule has 0 aliphatic heterocycles. The largest absolute Gasteiger partial charge is 0.497 e. The molecule has 2 aromatic carbocycles. The predicted molar refractivity (Wildman–Crippen MR) is 105 cm³/mol. The normalized spacial score (nSPS) is 10.7. The number of ether oxygens (including phenoxy) is 1. The maximum atomic E-state index is 12.6. The SMILES string of the molecule is COc1cc(C)c(NC(=O)c2ccc(-c3cc(Cl)ccc3Cl)o2)c(C)c1. The van der Waals surface area contributed by atoms with Crippen LogP contribution in [0.5, 0.6) is 5.75 Å². The molecule has 0 aliphatic carbocycles. The lowest BCUT2D eigenvalue weighted by Gasteiger charge is -2.12. The number of benzene rings is 2. The number of hydrogen-bond donors (Lipinski definition) is 1. The van der Waals surface area contributed by atoms with Crippen molar-refractivity contribution in [3.05, 3.63) is 69.4 Å². The summed E-state index contributed by atoms with van der Waals surface area (Å²) in [5.41, 5.74) is 3.17. The van der Waals surface area contributed by atoms with E-state index in [2.05, 4.69) is 5.32 Å². The third kappa shape index (κ3) is 3.71. The van der Waals surface area contributed by atoms with Crippen LogP contribution in [0.15, 0.2) is 46.9 Å². The fourth-order valence-electron chi connectivity index (χ4n) is 2.70. The predicted octanol–water partition coefficient (Wildman–Crippen LogP) is 6.13. The van der Waals surface area contributed by atoms with Crippen molar-refractivity contribution in [2.75, 3.05) is 12.4 Å². The van der Waals surface area contributed by atoms with Crippen molar-refractivity contribution in [3.63, 3.8) is 0 Å². The van der Waals surface area contributed by atoms with E-state index in [4.69, 9.17) is 32.4 Å². The monoisotopic (exact) mass is 389 g/mol. The van der Waals surface area contributed by atoms with Gasteiger partial charge in [0.25, 0.3) is 5.91 Å². The fourth-order valence-corrected chi connectivity index (χ4v) is 3.09. The zero-order chi connectivity index (χ0) is 18.8. The van der Waals surface area contributed by atoms with E-state index in [1.54, 1.807) is 37.4 Å². The highest BCUT2D eigenvalue weighted by Crippen LogP contribution is 2.32. The van der Waals surface area contributed by atoms with Crippen LogP contribution >= 0.6 is 23.2 Å². The Labute approximate surface area is 161 Å². The number of carbonyl (C=O) groups is 1. The van der Waals surface area contributed by atoms with Crippen LogP contribution in [-0.4, -0.2) is 13.0 Å². The highest BCUT2D eigenvalue weighted by atomic mass is 35.5. The molecular formula is C20H17Cl2NO3. The van der Waals surface area contributed by atoms with Crippen LogP contribution in [0.4, 0.5) is 5.69 Å². The Balaban J connectivity index is 1.86. The number of aryl methyl sites for hydroxylation is 2. The van der Waals surface area contributed by atoms with Crippen LogP contribution in [0.1, 0.15) is 21.7 Å². The average Bonchev–Trinajstić information content (AvgIpc) is 3.09. The van der Waals surface area contributed by atoms with Crippen molar-refractivity contribution in [2.45, 2.75) is 13.8 Å². The van der Waals surface area contributed by atoms with E-state index in [1.165, 1.54) is 0 Å². The molecule has 0 saturated carbocycles. The van der Waals surface area contributed by atoms with Crippen molar-refractivity contribution in [3.8, 4) is 17.1 Å². The summed E-state index contributed by atoms with van der Waals surface area (Å²) in [6, 6.07) is 12.1. The number of amides is 1. The quantitative estimate of drug-likeness (QED) is 0.583. The minimum atomic E-state index is -0.342. The molecule has 6 heteroatoms. The molecule has 134 valence electrons. The van der Waals surface area contributed by atoms with Gasteiger partial charge in [-0.25, -0.2) is 0 Å². The zero-order valence-corrected chi connectivity index (χ0v) is 16.0. The zero-order valence-electron chi connectivity index (χ0n) is 14.5. The van der Waals surface area contributed by atoms with Gasteiger partial charge in [-0.2, -0.15) is 0 Å². The minimum absolute atomic E-state index is 0.186. The first-order valence-electron chi connectivity index (χ1n) is 7.91. The van der Waals surface area contributed by atoms with Crippen molar-refractivity contribution in [2.24, 2.45) is 0 Å². The van der Waals surface area contributed by atoms with Gasteiger partial charge in [-0.05, 0) is 67.4 Å². The van der Waals surface area contributed by atoms with E-state index < -0.39 is 0 Å². The number of hydrogen-bond acceptors (Lipinski definition) is 3. The Morgan fingerprint density at radius 3 is 2.38 bits per heavy atom. The van der Waals surface area contributed by atoms with Gasteiger partial charge in [0.1, 0.15) is 11.5 Å². The van der Waals surface area contributed by atoms with E-state index in [0.717, 1.165) is 22.6 Å². The molecular weight excluding hydrogens is 373 g/mol. The summed E-state index contributed by atoms with van der Waals surface area (Å²) in [5, 5.41) is 3.93. The molecule has 0 spiro atoms. The molecule has 3 aromatic rings. The van der Waals surface area contributed by atoms with Crippen LogP contribution in [0.2, 0.25) is 10.0 Å². The lowest BCUT2D eigenvalue weighted by Crippen LogP contribution is -2.13. The van der Waals surface area contributed by atoms with E-state index in [1.807, 2.05) is 26.0 Å². The number of furan rings is 1. The Bertz CT molecular complexity index is 956. The van der Waals surface area contributed by atoms with Gasteiger partial charge in [-0.1, -0.05) is 23.2 Å². The van der Waals surface area contributed by atoms with Gasteiger partial charge in [0.2, 0.25) is 0 Å². The lowest BCUT2D eigenvalue weighted by atomic mass is 10.1. The minimum Gasteiger partial charge on any atom is -0.497 e. The first-order valence-corrected chi connectivity index (χ1v) is 8.66. The van der Waals surface area contributed by atoms with Crippen molar-refractivity contribution in [1.82, 2.24) is 0 Å². The number of nitrogens with one attached hydrogen (secondary N) is 1. The summed E-state index contributed by atoms with van der Waals surface area (Å²) in [7, 11) is 1.61. The van der Waals surface area contributed by atoms with Gasteiger partial charge < -0.3 is 14.5 Å². The molecule has 0 radical (unpaired) electrons. The van der Waals surface area contributed by atoms with Crippen LogP contribution in [0.3, 0.4) is 0 Å². The number of carbonyl (C=O) groups excluding carboxylic acids is 1. The van der Waals surface area contributed by atoms with E-state index >= 15 is 0 Å². The summed E-state index contributed by atoms with van der Waals surface area (Å²) >= 11 is 12.2. The summed E-state index contributed by atoms with van der Waals surface area (Å²) in [6.07, 6.45) is 0. The standard InChI is InChI=1S/C20H17Cl2NO3/c1-11-8-14(25-3)9-12(2)19(11)23-20(24)18-7-6-17(26-18)15-10-13(21)4-5-16(15)22/h4-10H,1-3H3,(H,23,24). The second kappa shape index (κ2) is 7.44. The van der Waals surface area contributed by atoms with Gasteiger partial charge in [0, 0.05) is 16.3 Å². The van der Waals surface area contributed by atoms with Gasteiger partial charge >= 0.3 is 0 Å². The van der Waals surface area contributed by atoms with E-state index in [0.29, 0.717) is 21.4 Å². The van der Waals surface area contributed by atoms with E-state index in [9.17, 15) is 4.79 Å². The van der Waals surface area contributed by atoms with Gasteiger partial charge in [0.15, 0.2) is 5.76 Å². The smallest absolute Gasteiger partial charge is 0.291 e. The number of halogens is 2. The van der Waals surface area contributed by atoms with Crippen LogP contribution in [-0.2, 0) is 0 Å². The molecule has 3 rings (SSSR count). The molecule has 0 atom stereocenters. The first-order chi connectivity index (χ1) is 12.4. The van der Waals surface area contributed by atoms with Crippen LogP contribution < -0.4 is 10.1 Å². The van der Waals surface area contributed by atoms with Gasteiger partial charge in [-0.3, -0.25) is 4.79 Å². The highest BCUT2D eigenvalue weighted by molar-refractivity contribution is 6.35. The summed E-state index contributed by atoms with van der Waals surface area (Å²) in [5.74, 6) is 1.07. The topological polar surface area (TPSA) is 51.5 Å². The molecule has 26 heavy (non-hydrogen) atoms. The Morgan fingerprint density at radius 1 is 1.04 bits per heavy atom. The first kappa shape index (κ1) is 18.4. The maximum Gasteiger partial charge on any atom is 0.291 e. The second-order valence-corrected chi connectivity index (χ2v) is 6.72. The molecule has 0 unspecified atom stereocenters. The van der Waals surface area contributed by atoms with E-state index in [-0.39, 0.29) is 11.7 Å². The number of rotatable bonds is 4. The number of methoxy groups -OCH3 is 1. The maximum absolute atomic E-state index is 12.6. The molecule has 1 N–H and O–H groups in total. The van der Waals surface area contributed by atoms with Crippen molar-refractivity contribution >= 4 is 34.8 Å². The second-order valence-electron chi connectivity index (χ2n) is 5.88. The van der Waals surface area contributed by atoms with Crippen LogP contribution in [0, 0.1) is 13.8 Å². The molecule has 1 amide bonds. The molecule has 0 fully saturated rings. The third-order valence-electron chi connectivity index (χ3n) is 4.00. The number of anilines is 1. The summed E-state index contributed by atoms with van der Waals surface area (Å²) in [6.45, 7) is 3.81. The summed E-state index contributed by atoms with van der Waals surface area (Å²) < 4.78 is 10.9. The van der Waals surface area contributed by atoms with Crippen molar-refractivity contribution < 1.29 is 13.9 Å². The fraction of sp³-hybridized carbons (Fsp3) is 0.150. The Kier molecular flexibility index (Phi) is 5.25. The molecule has 0 saturated heterocycles. The molecule has 0 aliphatic rings. The Morgan fingerprint density at radius 2 is 1.73 bits per heavy atom. The van der Waals surface area contributed by atoms with Crippen molar-refractivity contribution in [1.29, 1.82) is 0 Å². The third-order valence-corrected chi connectivity index (χ3v) is 4.57. The Hall–Kier alpha value is -2.43. The molecule has 1 aromatic heterocycles. The molecule has 4 nitrogen and oxygen atoms in total. The molecule has 1 heterocycles. The molecule has 0 bridgehead atoms. The highest BCUT2D eigenvalue weighted by Gasteiger charge is 2.16. The van der Waals surface area contributed by atoms with Crippen LogP contribution in [0.25, 0.3) is 11.3 Å². The van der Waals surface area contributed by atoms with Gasteiger partial charge in [0.05, 0.1) is 12.1 Å². The lowest BCUT2D eigenvalue weighted by molar-refractivity contribution is 0.0997. The van der Waals surface area contributed by atoms with Gasteiger partial charge in [-0.15, -0.1) is 0 Å². The average molecular weight is 390 g/mol.